The summed E-state index contributed by atoms with van der Waals surface area (Å²) in [6, 6.07) is 0.600. The van der Waals surface area contributed by atoms with Crippen molar-refractivity contribution in [3.63, 3.8) is 0 Å². The van der Waals surface area contributed by atoms with Crippen molar-refractivity contribution >= 4 is 23.2 Å². The first kappa shape index (κ1) is 10.6. The van der Waals surface area contributed by atoms with Crippen molar-refractivity contribution in [3.8, 4) is 0 Å². The van der Waals surface area contributed by atoms with Crippen LogP contribution in [0.15, 0.2) is 6.07 Å². The molecule has 0 N–H and O–H groups in total. The molecule has 1 aromatic rings. The maximum Gasteiger partial charge on any atom is 0.265 e. The maximum absolute atomic E-state index is 12.6. The van der Waals surface area contributed by atoms with Gasteiger partial charge in [0.15, 0.2) is 0 Å². The highest BCUT2D eigenvalue weighted by Crippen LogP contribution is 2.29. The lowest BCUT2D eigenvalue weighted by Gasteiger charge is -2.05. The lowest BCUT2D eigenvalue weighted by Crippen LogP contribution is -1.97. The summed E-state index contributed by atoms with van der Waals surface area (Å²) in [4.78, 5) is 3.27. The fourth-order valence-electron chi connectivity index (χ4n) is 0.816. The van der Waals surface area contributed by atoms with E-state index in [2.05, 4.69) is 4.98 Å². The number of nitrogens with zero attached hydrogens (tertiary/aromatic N) is 1. The molecule has 13 heavy (non-hydrogen) atoms. The second-order valence-corrected chi connectivity index (χ2v) is 2.87. The quantitative estimate of drug-likeness (QED) is 0.559. The Kier molecular flexibility index (Phi) is 3.39. The molecule has 0 aliphatic rings. The zero-order valence-corrected chi connectivity index (χ0v) is 7.71. The van der Waals surface area contributed by atoms with Crippen LogP contribution < -0.4 is 0 Å². The lowest BCUT2D eigenvalue weighted by molar-refractivity contribution is 0.150. The van der Waals surface area contributed by atoms with Gasteiger partial charge in [-0.25, -0.2) is 13.8 Å². The molecule has 1 aromatic heterocycles. The van der Waals surface area contributed by atoms with Crippen LogP contribution in [0.3, 0.4) is 0 Å². The van der Waals surface area contributed by atoms with E-state index in [-0.39, 0.29) is 16.6 Å². The van der Waals surface area contributed by atoms with Crippen molar-refractivity contribution < 1.29 is 13.2 Å². The van der Waals surface area contributed by atoms with Crippen LogP contribution >= 0.6 is 23.2 Å². The first-order valence-electron chi connectivity index (χ1n) is 3.25. The Morgan fingerprint density at radius 2 is 2.08 bits per heavy atom. The van der Waals surface area contributed by atoms with E-state index in [9.17, 15) is 13.2 Å². The van der Waals surface area contributed by atoms with E-state index in [0.29, 0.717) is 6.07 Å². The van der Waals surface area contributed by atoms with Gasteiger partial charge in [-0.1, -0.05) is 11.6 Å². The molecule has 0 radical (unpaired) electrons. The third-order valence-corrected chi connectivity index (χ3v) is 2.07. The second-order valence-electron chi connectivity index (χ2n) is 2.23. The Morgan fingerprint density at radius 3 is 2.54 bits per heavy atom. The maximum atomic E-state index is 12.6. The molecule has 0 bridgehead atoms. The standard InChI is InChI=1S/C7H4Cl2F3N/c8-2-4-6(9)3(7(11)12)1-5(10)13-4/h1,7H,2H2. The number of pyridine rings is 1. The van der Waals surface area contributed by atoms with Gasteiger partial charge in [-0.3, -0.25) is 0 Å². The molecule has 0 atom stereocenters. The molecule has 1 rings (SSSR count). The van der Waals surface area contributed by atoms with Gasteiger partial charge < -0.3 is 0 Å². The van der Waals surface area contributed by atoms with E-state index in [4.69, 9.17) is 23.2 Å². The Bertz CT molecular complexity index is 317. The summed E-state index contributed by atoms with van der Waals surface area (Å²) in [5.74, 6) is -1.20. The van der Waals surface area contributed by atoms with Gasteiger partial charge in [-0.2, -0.15) is 4.39 Å². The largest absolute Gasteiger partial charge is 0.265 e. The normalized spacial score (nSPS) is 10.9. The predicted octanol–water partition coefficient (Wildman–Crippen LogP) is 3.55. The highest BCUT2D eigenvalue weighted by Gasteiger charge is 2.17. The number of alkyl halides is 3. The minimum atomic E-state index is -2.83. The fraction of sp³-hybridized carbons (Fsp3) is 0.286. The summed E-state index contributed by atoms with van der Waals surface area (Å²) in [5, 5.41) is -0.272. The zero-order chi connectivity index (χ0) is 10.0. The van der Waals surface area contributed by atoms with Crippen LogP contribution in [0.25, 0.3) is 0 Å². The van der Waals surface area contributed by atoms with Crippen molar-refractivity contribution in [1.82, 2.24) is 4.98 Å². The summed E-state index contributed by atoms with van der Waals surface area (Å²) >= 11 is 10.8. The van der Waals surface area contributed by atoms with Crippen molar-refractivity contribution in [2.45, 2.75) is 12.3 Å². The monoisotopic (exact) mass is 229 g/mol. The Labute approximate surface area is 82.5 Å². The Morgan fingerprint density at radius 1 is 1.46 bits per heavy atom. The molecule has 72 valence electrons. The molecule has 1 heterocycles. The Hall–Kier alpha value is -0.480. The van der Waals surface area contributed by atoms with Gasteiger partial charge in [0, 0.05) is 11.6 Å². The van der Waals surface area contributed by atoms with Crippen molar-refractivity contribution in [1.29, 1.82) is 0 Å². The van der Waals surface area contributed by atoms with Crippen LogP contribution in [-0.2, 0) is 5.88 Å². The van der Waals surface area contributed by atoms with Gasteiger partial charge in [-0.15, -0.1) is 11.6 Å². The van der Waals surface area contributed by atoms with Crippen LogP contribution in [0.4, 0.5) is 13.2 Å². The van der Waals surface area contributed by atoms with Crippen LogP contribution in [0, 0.1) is 5.95 Å². The molecule has 0 amide bonds. The molecule has 0 saturated heterocycles. The summed E-state index contributed by atoms with van der Waals surface area (Å²) in [7, 11) is 0. The van der Waals surface area contributed by atoms with Crippen molar-refractivity contribution in [2.24, 2.45) is 0 Å². The van der Waals surface area contributed by atoms with Crippen LogP contribution in [0.2, 0.25) is 5.02 Å². The highest BCUT2D eigenvalue weighted by molar-refractivity contribution is 6.32. The minimum absolute atomic E-state index is 0.0707. The lowest BCUT2D eigenvalue weighted by atomic mass is 10.2. The molecule has 6 heteroatoms. The van der Waals surface area contributed by atoms with Gasteiger partial charge in [-0.05, 0) is 0 Å². The molecule has 0 aliphatic carbocycles. The Balaban J connectivity index is 3.27. The molecule has 1 nitrogen and oxygen atoms in total. The topological polar surface area (TPSA) is 12.9 Å². The van der Waals surface area contributed by atoms with Gasteiger partial charge >= 0.3 is 0 Å². The van der Waals surface area contributed by atoms with E-state index < -0.39 is 17.9 Å². The molecular weight excluding hydrogens is 226 g/mol. The van der Waals surface area contributed by atoms with Gasteiger partial charge in [0.1, 0.15) is 0 Å². The van der Waals surface area contributed by atoms with Gasteiger partial charge in [0.05, 0.1) is 16.6 Å². The van der Waals surface area contributed by atoms with E-state index in [1.54, 1.807) is 0 Å². The first-order valence-corrected chi connectivity index (χ1v) is 4.16. The third kappa shape index (κ3) is 2.25. The smallest absolute Gasteiger partial charge is 0.222 e. The summed E-state index contributed by atoms with van der Waals surface area (Å²) in [6.07, 6.45) is -2.83. The van der Waals surface area contributed by atoms with Crippen LogP contribution in [0.1, 0.15) is 17.7 Å². The fourth-order valence-corrected chi connectivity index (χ4v) is 1.32. The third-order valence-electron chi connectivity index (χ3n) is 1.38. The van der Waals surface area contributed by atoms with E-state index >= 15 is 0 Å². The average molecular weight is 230 g/mol. The molecule has 0 unspecified atom stereocenters. The van der Waals surface area contributed by atoms with Crippen molar-refractivity contribution in [3.05, 3.63) is 28.3 Å². The summed E-state index contributed by atoms with van der Waals surface area (Å²) in [5.41, 5.74) is -0.650. The number of rotatable bonds is 2. The molecule has 0 fully saturated rings. The number of halogens is 5. The van der Waals surface area contributed by atoms with Gasteiger partial charge in [0.2, 0.25) is 5.95 Å². The zero-order valence-electron chi connectivity index (χ0n) is 6.20. The van der Waals surface area contributed by atoms with E-state index in [0.717, 1.165) is 0 Å². The summed E-state index contributed by atoms with van der Waals surface area (Å²) < 4.78 is 37.0. The second kappa shape index (κ2) is 4.15. The summed E-state index contributed by atoms with van der Waals surface area (Å²) in [6.45, 7) is 0. The van der Waals surface area contributed by atoms with Crippen LogP contribution in [0.5, 0.6) is 0 Å². The minimum Gasteiger partial charge on any atom is -0.222 e. The average Bonchev–Trinajstić information content (AvgIpc) is 2.08. The molecule has 0 saturated carbocycles. The number of hydrogen-bond donors (Lipinski definition) is 0. The van der Waals surface area contributed by atoms with E-state index in [1.807, 2.05) is 0 Å². The first-order chi connectivity index (χ1) is 6.06. The van der Waals surface area contributed by atoms with Crippen molar-refractivity contribution in [2.75, 3.05) is 0 Å². The van der Waals surface area contributed by atoms with E-state index in [1.165, 1.54) is 0 Å². The molecule has 0 aliphatic heterocycles. The molecule has 0 spiro atoms. The van der Waals surface area contributed by atoms with Gasteiger partial charge in [0.25, 0.3) is 6.43 Å². The molecule has 0 aromatic carbocycles. The van der Waals surface area contributed by atoms with Crippen LogP contribution in [-0.4, -0.2) is 4.98 Å². The SMILES string of the molecule is Fc1cc(C(F)F)c(Cl)c(CCl)n1. The molecular formula is C7H4Cl2F3N. The highest BCUT2D eigenvalue weighted by atomic mass is 35.5. The number of aromatic nitrogens is 1. The number of hydrogen-bond acceptors (Lipinski definition) is 1. The predicted molar refractivity (Wildman–Crippen MR) is 43.7 cm³/mol.